The van der Waals surface area contributed by atoms with Gasteiger partial charge in [0.05, 0.1) is 4.92 Å². The number of hydrogen-bond donors (Lipinski definition) is 0. The highest BCUT2D eigenvalue weighted by molar-refractivity contribution is 7.87. The van der Waals surface area contributed by atoms with Crippen LogP contribution >= 0.6 is 0 Å². The molecule has 0 radical (unpaired) electrons. The SMILES string of the molecule is CCC(C)N(Cc1cccc(OS(=O)(=O)c2ccc(F)cc2)c1)C(=O)c1cccc([N+](=O)[O-])c1. The Morgan fingerprint density at radius 3 is 2.41 bits per heavy atom. The van der Waals surface area contributed by atoms with Crippen LogP contribution in [0.1, 0.15) is 36.2 Å². The zero-order valence-corrected chi connectivity index (χ0v) is 19.4. The highest BCUT2D eigenvalue weighted by Gasteiger charge is 2.23. The first-order valence-electron chi connectivity index (χ1n) is 10.4. The molecule has 0 aliphatic carbocycles. The fourth-order valence-electron chi connectivity index (χ4n) is 3.23. The maximum atomic E-state index is 13.2. The summed E-state index contributed by atoms with van der Waals surface area (Å²) in [6.07, 6.45) is 0.635. The fourth-order valence-corrected chi connectivity index (χ4v) is 4.16. The first kappa shape index (κ1) is 24.8. The molecule has 0 saturated carbocycles. The number of hydrogen-bond acceptors (Lipinski definition) is 6. The van der Waals surface area contributed by atoms with Gasteiger partial charge in [-0.1, -0.05) is 25.1 Å². The number of nitrogens with zero attached hydrogens (tertiary/aromatic N) is 2. The average Bonchev–Trinajstić information content (AvgIpc) is 2.82. The van der Waals surface area contributed by atoms with Gasteiger partial charge < -0.3 is 9.08 Å². The molecule has 0 fully saturated rings. The van der Waals surface area contributed by atoms with Gasteiger partial charge in [0.25, 0.3) is 11.6 Å². The normalized spacial score (nSPS) is 12.1. The molecule has 0 saturated heterocycles. The van der Waals surface area contributed by atoms with E-state index in [4.69, 9.17) is 4.18 Å². The molecule has 3 rings (SSSR count). The Hall–Kier alpha value is -3.79. The summed E-state index contributed by atoms with van der Waals surface area (Å²) in [5.41, 5.74) is 0.600. The van der Waals surface area contributed by atoms with Crippen LogP contribution in [0.2, 0.25) is 0 Å². The summed E-state index contributed by atoms with van der Waals surface area (Å²) in [6.45, 7) is 3.89. The van der Waals surface area contributed by atoms with Gasteiger partial charge in [-0.3, -0.25) is 14.9 Å². The lowest BCUT2D eigenvalue weighted by atomic mass is 10.1. The van der Waals surface area contributed by atoms with Crippen LogP contribution in [0.15, 0.2) is 77.7 Å². The lowest BCUT2D eigenvalue weighted by Gasteiger charge is -2.29. The largest absolute Gasteiger partial charge is 0.379 e. The molecule has 178 valence electrons. The average molecular weight is 487 g/mol. The molecule has 1 amide bonds. The van der Waals surface area contributed by atoms with E-state index < -0.39 is 20.9 Å². The van der Waals surface area contributed by atoms with Gasteiger partial charge in [0, 0.05) is 30.3 Å². The third-order valence-electron chi connectivity index (χ3n) is 5.25. The van der Waals surface area contributed by atoms with Crippen molar-refractivity contribution in [2.75, 3.05) is 0 Å². The molecule has 0 aromatic heterocycles. The minimum atomic E-state index is -4.18. The molecule has 3 aromatic carbocycles. The van der Waals surface area contributed by atoms with Crippen molar-refractivity contribution in [3.05, 3.63) is 99.9 Å². The number of amides is 1. The summed E-state index contributed by atoms with van der Waals surface area (Å²) in [7, 11) is -4.18. The monoisotopic (exact) mass is 486 g/mol. The second-order valence-corrected chi connectivity index (χ2v) is 9.18. The van der Waals surface area contributed by atoms with E-state index in [9.17, 15) is 27.7 Å². The Morgan fingerprint density at radius 2 is 1.76 bits per heavy atom. The Morgan fingerprint density at radius 1 is 1.09 bits per heavy atom. The van der Waals surface area contributed by atoms with Gasteiger partial charge in [-0.2, -0.15) is 8.42 Å². The Balaban J connectivity index is 1.85. The van der Waals surface area contributed by atoms with Crippen molar-refractivity contribution in [3.63, 3.8) is 0 Å². The first-order valence-corrected chi connectivity index (χ1v) is 11.9. The number of nitro benzene ring substituents is 1. The van der Waals surface area contributed by atoms with Crippen LogP contribution in [0.3, 0.4) is 0 Å². The van der Waals surface area contributed by atoms with Gasteiger partial charge in [-0.05, 0) is 61.4 Å². The lowest BCUT2D eigenvalue weighted by molar-refractivity contribution is -0.384. The van der Waals surface area contributed by atoms with Gasteiger partial charge in [0.15, 0.2) is 0 Å². The Bertz CT molecular complexity index is 1290. The van der Waals surface area contributed by atoms with Gasteiger partial charge in [0.2, 0.25) is 0 Å². The van der Waals surface area contributed by atoms with Gasteiger partial charge in [0.1, 0.15) is 16.5 Å². The topological polar surface area (TPSA) is 107 Å². The number of nitro groups is 1. The zero-order valence-electron chi connectivity index (χ0n) is 18.5. The molecule has 0 bridgehead atoms. The van der Waals surface area contributed by atoms with E-state index in [1.807, 2.05) is 13.8 Å². The van der Waals surface area contributed by atoms with Crippen LogP contribution < -0.4 is 4.18 Å². The predicted molar refractivity (Wildman–Crippen MR) is 123 cm³/mol. The van der Waals surface area contributed by atoms with Crippen LogP contribution in [0.25, 0.3) is 0 Å². The number of non-ortho nitro benzene ring substituents is 1. The van der Waals surface area contributed by atoms with E-state index in [1.165, 1.54) is 36.4 Å². The summed E-state index contributed by atoms with van der Waals surface area (Å²) < 4.78 is 43.3. The van der Waals surface area contributed by atoms with Gasteiger partial charge in [-0.15, -0.1) is 0 Å². The number of halogens is 1. The standard InChI is InChI=1S/C24H23FN2O6S/c1-3-17(2)26(24(28)19-7-5-8-21(15-19)27(29)30)16-18-6-4-9-22(14-18)33-34(31,32)23-12-10-20(25)11-13-23/h4-15,17H,3,16H2,1-2H3. The first-order chi connectivity index (χ1) is 16.1. The van der Waals surface area contributed by atoms with Crippen molar-refractivity contribution in [2.45, 2.75) is 37.8 Å². The van der Waals surface area contributed by atoms with E-state index >= 15 is 0 Å². The second kappa shape index (κ2) is 10.4. The molecule has 34 heavy (non-hydrogen) atoms. The Labute approximate surface area is 196 Å². The number of carbonyl (C=O) groups is 1. The zero-order chi connectivity index (χ0) is 24.9. The van der Waals surface area contributed by atoms with E-state index in [0.29, 0.717) is 12.0 Å². The Kier molecular flexibility index (Phi) is 7.62. The summed E-state index contributed by atoms with van der Waals surface area (Å²) in [5, 5.41) is 11.1. The molecule has 0 heterocycles. The molecule has 0 N–H and O–H groups in total. The lowest BCUT2D eigenvalue weighted by Crippen LogP contribution is -2.37. The third kappa shape index (κ3) is 5.96. The molecule has 0 aliphatic rings. The second-order valence-electron chi connectivity index (χ2n) is 7.64. The molecular formula is C24H23FN2O6S. The van der Waals surface area contributed by atoms with E-state index in [2.05, 4.69) is 0 Å². The third-order valence-corrected chi connectivity index (χ3v) is 6.51. The molecular weight excluding hydrogens is 463 g/mol. The number of rotatable bonds is 9. The van der Waals surface area contributed by atoms with Gasteiger partial charge in [-0.25, -0.2) is 4.39 Å². The van der Waals surface area contributed by atoms with Crippen molar-refractivity contribution in [2.24, 2.45) is 0 Å². The van der Waals surface area contributed by atoms with E-state index in [1.54, 1.807) is 17.0 Å². The molecule has 0 spiro atoms. The minimum Gasteiger partial charge on any atom is -0.379 e. The van der Waals surface area contributed by atoms with Crippen LogP contribution in [-0.2, 0) is 16.7 Å². The van der Waals surface area contributed by atoms with Crippen LogP contribution in [0, 0.1) is 15.9 Å². The smallest absolute Gasteiger partial charge is 0.339 e. The molecule has 3 aromatic rings. The predicted octanol–water partition coefficient (Wildman–Crippen LogP) is 4.94. The summed E-state index contributed by atoms with van der Waals surface area (Å²) in [5.74, 6) is -0.920. The minimum absolute atomic E-state index is 0.0359. The highest BCUT2D eigenvalue weighted by Crippen LogP contribution is 2.23. The maximum absolute atomic E-state index is 13.2. The molecule has 10 heteroatoms. The number of carbonyl (C=O) groups excluding carboxylic acids is 1. The molecule has 1 unspecified atom stereocenters. The van der Waals surface area contributed by atoms with Crippen molar-refractivity contribution in [1.82, 2.24) is 4.90 Å². The number of benzene rings is 3. The fraction of sp³-hybridized carbons (Fsp3) is 0.208. The van der Waals surface area contributed by atoms with E-state index in [-0.39, 0.29) is 40.4 Å². The van der Waals surface area contributed by atoms with Crippen LogP contribution in [0.4, 0.5) is 10.1 Å². The summed E-state index contributed by atoms with van der Waals surface area (Å²) >= 11 is 0. The van der Waals surface area contributed by atoms with Crippen molar-refractivity contribution < 1.29 is 26.7 Å². The van der Waals surface area contributed by atoms with Crippen LogP contribution in [0.5, 0.6) is 5.75 Å². The molecule has 8 nitrogen and oxygen atoms in total. The van der Waals surface area contributed by atoms with Gasteiger partial charge >= 0.3 is 10.1 Å². The maximum Gasteiger partial charge on any atom is 0.339 e. The summed E-state index contributed by atoms with van der Waals surface area (Å²) in [6, 6.07) is 15.8. The summed E-state index contributed by atoms with van der Waals surface area (Å²) in [4.78, 5) is 25.1. The van der Waals surface area contributed by atoms with E-state index in [0.717, 1.165) is 24.3 Å². The van der Waals surface area contributed by atoms with Crippen molar-refractivity contribution >= 4 is 21.7 Å². The highest BCUT2D eigenvalue weighted by atomic mass is 32.2. The van der Waals surface area contributed by atoms with Crippen molar-refractivity contribution in [1.29, 1.82) is 0 Å². The molecule has 1 atom stereocenters. The van der Waals surface area contributed by atoms with Crippen molar-refractivity contribution in [3.8, 4) is 5.75 Å². The molecule has 0 aliphatic heterocycles. The van der Waals surface area contributed by atoms with Crippen LogP contribution in [-0.4, -0.2) is 30.2 Å². The quantitative estimate of drug-likeness (QED) is 0.241.